The maximum Gasteiger partial charge on any atom is 0.325 e. The highest BCUT2D eigenvalue weighted by Gasteiger charge is 2.14. The molecule has 0 saturated heterocycles. The predicted molar refractivity (Wildman–Crippen MR) is 66.9 cm³/mol. The van der Waals surface area contributed by atoms with Gasteiger partial charge >= 0.3 is 5.97 Å². The van der Waals surface area contributed by atoms with Gasteiger partial charge in [-0.3, -0.25) is 9.59 Å². The van der Waals surface area contributed by atoms with Crippen LogP contribution in [0.2, 0.25) is 5.02 Å². The van der Waals surface area contributed by atoms with Crippen molar-refractivity contribution in [2.45, 2.75) is 19.4 Å². The lowest BCUT2D eigenvalue weighted by Gasteiger charge is -2.10. The summed E-state index contributed by atoms with van der Waals surface area (Å²) in [7, 11) is 1.50. The van der Waals surface area contributed by atoms with Crippen LogP contribution >= 0.6 is 11.6 Å². The van der Waals surface area contributed by atoms with Gasteiger partial charge in [-0.25, -0.2) is 0 Å². The molecule has 0 aliphatic carbocycles. The van der Waals surface area contributed by atoms with Crippen LogP contribution in [0.1, 0.15) is 12.5 Å². The summed E-state index contributed by atoms with van der Waals surface area (Å²) in [6.07, 6.45) is 0.0708. The van der Waals surface area contributed by atoms with Crippen LogP contribution in [0.25, 0.3) is 0 Å². The number of carboxylic acids is 1. The van der Waals surface area contributed by atoms with Gasteiger partial charge in [-0.15, -0.1) is 0 Å². The second-order valence-electron chi connectivity index (χ2n) is 3.77. The third-order valence-electron chi connectivity index (χ3n) is 2.33. The van der Waals surface area contributed by atoms with E-state index in [4.69, 9.17) is 21.4 Å². The van der Waals surface area contributed by atoms with Gasteiger partial charge in [-0.2, -0.15) is 0 Å². The van der Waals surface area contributed by atoms with E-state index in [-0.39, 0.29) is 12.3 Å². The molecule has 1 aromatic rings. The number of carbonyl (C=O) groups excluding carboxylic acids is 1. The number of benzene rings is 1. The van der Waals surface area contributed by atoms with Crippen LogP contribution in [0.4, 0.5) is 0 Å². The second kappa shape index (κ2) is 6.26. The van der Waals surface area contributed by atoms with Crippen LogP contribution < -0.4 is 10.1 Å². The molecule has 18 heavy (non-hydrogen) atoms. The summed E-state index contributed by atoms with van der Waals surface area (Å²) >= 11 is 5.92. The molecule has 2 N–H and O–H groups in total. The number of hydrogen-bond acceptors (Lipinski definition) is 3. The van der Waals surface area contributed by atoms with Crippen LogP contribution in [-0.4, -0.2) is 30.1 Å². The standard InChI is InChI=1S/C12H14ClNO4/c1-7(12(16)17)14-11(15)6-8-3-4-10(18-2)9(13)5-8/h3-5,7H,6H2,1-2H3,(H,14,15)(H,16,17). The average Bonchev–Trinajstić information content (AvgIpc) is 2.28. The molecule has 5 nitrogen and oxygen atoms in total. The van der Waals surface area contributed by atoms with E-state index in [0.717, 1.165) is 0 Å². The lowest BCUT2D eigenvalue weighted by atomic mass is 10.1. The molecule has 1 rings (SSSR count). The van der Waals surface area contributed by atoms with Gasteiger partial charge in [0.1, 0.15) is 11.8 Å². The quantitative estimate of drug-likeness (QED) is 0.851. The SMILES string of the molecule is COc1ccc(CC(=O)NC(C)C(=O)O)cc1Cl. The van der Waals surface area contributed by atoms with Gasteiger partial charge in [-0.1, -0.05) is 17.7 Å². The number of aliphatic carboxylic acids is 1. The molecule has 1 aromatic carbocycles. The Morgan fingerprint density at radius 2 is 2.17 bits per heavy atom. The third-order valence-corrected chi connectivity index (χ3v) is 2.62. The highest BCUT2D eigenvalue weighted by molar-refractivity contribution is 6.32. The molecule has 1 unspecified atom stereocenters. The van der Waals surface area contributed by atoms with Gasteiger partial charge in [0.05, 0.1) is 18.6 Å². The molecule has 0 aliphatic rings. The summed E-state index contributed by atoms with van der Waals surface area (Å²) in [4.78, 5) is 22.1. The van der Waals surface area contributed by atoms with Crippen molar-refractivity contribution in [3.63, 3.8) is 0 Å². The molecular formula is C12H14ClNO4. The highest BCUT2D eigenvalue weighted by atomic mass is 35.5. The van der Waals surface area contributed by atoms with E-state index in [1.807, 2.05) is 0 Å². The first-order chi connectivity index (χ1) is 8.43. The van der Waals surface area contributed by atoms with E-state index in [2.05, 4.69) is 5.32 Å². The van der Waals surface area contributed by atoms with Crippen molar-refractivity contribution in [3.8, 4) is 5.75 Å². The van der Waals surface area contributed by atoms with Crippen molar-refractivity contribution in [3.05, 3.63) is 28.8 Å². The molecule has 0 aliphatic heterocycles. The first-order valence-electron chi connectivity index (χ1n) is 5.28. The fourth-order valence-electron chi connectivity index (χ4n) is 1.36. The molecule has 1 amide bonds. The van der Waals surface area contributed by atoms with Crippen LogP contribution in [0.15, 0.2) is 18.2 Å². The summed E-state index contributed by atoms with van der Waals surface area (Å²) in [5.41, 5.74) is 0.691. The molecule has 98 valence electrons. The first kappa shape index (κ1) is 14.3. The Morgan fingerprint density at radius 1 is 1.50 bits per heavy atom. The molecule has 0 saturated carbocycles. The second-order valence-corrected chi connectivity index (χ2v) is 4.18. The molecule has 6 heteroatoms. The van der Waals surface area contributed by atoms with E-state index < -0.39 is 12.0 Å². The van der Waals surface area contributed by atoms with Crippen molar-refractivity contribution in [1.82, 2.24) is 5.32 Å². The molecule has 1 atom stereocenters. The molecule has 0 heterocycles. The topological polar surface area (TPSA) is 75.6 Å². The monoisotopic (exact) mass is 271 g/mol. The fourth-order valence-corrected chi connectivity index (χ4v) is 1.64. The summed E-state index contributed by atoms with van der Waals surface area (Å²) in [5, 5.41) is 11.4. The summed E-state index contributed by atoms with van der Waals surface area (Å²) in [6.45, 7) is 1.40. The van der Waals surface area contributed by atoms with Gasteiger partial charge in [0, 0.05) is 0 Å². The maximum atomic E-state index is 11.5. The van der Waals surface area contributed by atoms with Crippen LogP contribution in [0.5, 0.6) is 5.75 Å². The number of rotatable bonds is 5. The van der Waals surface area contributed by atoms with Crippen molar-refractivity contribution in [2.75, 3.05) is 7.11 Å². The predicted octanol–water partition coefficient (Wildman–Crippen LogP) is 1.48. The Bertz CT molecular complexity index is 461. The zero-order valence-corrected chi connectivity index (χ0v) is 10.8. The van der Waals surface area contributed by atoms with E-state index in [1.165, 1.54) is 14.0 Å². The van der Waals surface area contributed by atoms with Crippen molar-refractivity contribution in [1.29, 1.82) is 0 Å². The Kier molecular flexibility index (Phi) is 4.97. The maximum absolute atomic E-state index is 11.5. The number of methoxy groups -OCH3 is 1. The van der Waals surface area contributed by atoms with Gasteiger partial charge in [0.15, 0.2) is 0 Å². The van der Waals surface area contributed by atoms with Crippen molar-refractivity contribution >= 4 is 23.5 Å². The Hall–Kier alpha value is -1.75. The number of carbonyl (C=O) groups is 2. The average molecular weight is 272 g/mol. The number of ether oxygens (including phenoxy) is 1. The third kappa shape index (κ3) is 3.92. The van der Waals surface area contributed by atoms with Crippen molar-refractivity contribution < 1.29 is 19.4 Å². The number of amides is 1. The highest BCUT2D eigenvalue weighted by Crippen LogP contribution is 2.24. The summed E-state index contributed by atoms with van der Waals surface area (Å²) < 4.78 is 4.99. The number of carboxylic acid groups (broad SMARTS) is 1. The van der Waals surface area contributed by atoms with E-state index in [9.17, 15) is 9.59 Å². The summed E-state index contributed by atoms with van der Waals surface area (Å²) in [5.74, 6) is -0.915. The molecule has 0 spiro atoms. The van der Waals surface area contributed by atoms with E-state index >= 15 is 0 Å². The van der Waals surface area contributed by atoms with Gasteiger partial charge in [0.25, 0.3) is 0 Å². The molecule has 0 aromatic heterocycles. The van der Waals surface area contributed by atoms with Crippen molar-refractivity contribution in [2.24, 2.45) is 0 Å². The Morgan fingerprint density at radius 3 is 2.67 bits per heavy atom. The molecular weight excluding hydrogens is 258 g/mol. The molecule has 0 fully saturated rings. The number of hydrogen-bond donors (Lipinski definition) is 2. The normalized spacial score (nSPS) is 11.7. The first-order valence-corrected chi connectivity index (χ1v) is 5.66. The molecule has 0 bridgehead atoms. The largest absolute Gasteiger partial charge is 0.495 e. The molecule has 0 radical (unpaired) electrons. The minimum atomic E-state index is -1.07. The minimum Gasteiger partial charge on any atom is -0.495 e. The fraction of sp³-hybridized carbons (Fsp3) is 0.333. The van der Waals surface area contributed by atoms with Gasteiger partial charge < -0.3 is 15.2 Å². The lowest BCUT2D eigenvalue weighted by molar-refractivity contribution is -0.141. The Balaban J connectivity index is 2.65. The van der Waals surface area contributed by atoms with Crippen LogP contribution in [0.3, 0.4) is 0 Å². The zero-order valence-electron chi connectivity index (χ0n) is 10.1. The number of halogens is 1. The minimum absolute atomic E-state index is 0.0708. The zero-order chi connectivity index (χ0) is 13.7. The van der Waals surface area contributed by atoms with Crippen LogP contribution in [-0.2, 0) is 16.0 Å². The van der Waals surface area contributed by atoms with E-state index in [1.54, 1.807) is 18.2 Å². The van der Waals surface area contributed by atoms with Gasteiger partial charge in [-0.05, 0) is 24.6 Å². The lowest BCUT2D eigenvalue weighted by Crippen LogP contribution is -2.39. The number of nitrogens with one attached hydrogen (secondary N) is 1. The Labute approximate surface area is 110 Å². The van der Waals surface area contributed by atoms with Crippen LogP contribution in [0, 0.1) is 0 Å². The summed E-state index contributed by atoms with van der Waals surface area (Å²) in [6, 6.07) is 4.07. The van der Waals surface area contributed by atoms with E-state index in [0.29, 0.717) is 16.3 Å². The smallest absolute Gasteiger partial charge is 0.325 e. The van der Waals surface area contributed by atoms with Gasteiger partial charge in [0.2, 0.25) is 5.91 Å².